The summed E-state index contributed by atoms with van der Waals surface area (Å²) < 4.78 is 5.40. The highest BCUT2D eigenvalue weighted by molar-refractivity contribution is 6.26. The number of ketones is 2. The Kier molecular flexibility index (Phi) is 5.34. The molecule has 0 aromatic heterocycles. The minimum absolute atomic E-state index is 0.130. The van der Waals surface area contributed by atoms with Gasteiger partial charge in [-0.2, -0.15) is 0 Å². The predicted octanol–water partition coefficient (Wildman–Crippen LogP) is 2.22. The van der Waals surface area contributed by atoms with Crippen molar-refractivity contribution in [3.63, 3.8) is 0 Å². The van der Waals surface area contributed by atoms with Gasteiger partial charge < -0.3 is 14.6 Å². The number of Topliss-reactive ketones (excluding diaryl/α,β-unsaturated/α-hetero) is 2. The van der Waals surface area contributed by atoms with Gasteiger partial charge in [-0.1, -0.05) is 42.8 Å². The maximum absolute atomic E-state index is 12.7. The number of allylic oxidation sites excluding steroid dienone is 4. The van der Waals surface area contributed by atoms with E-state index in [9.17, 15) is 19.5 Å². The molecule has 0 N–H and O–H groups in total. The Hall–Kier alpha value is -2.69. The molecular formula is C19H19O5-. The highest BCUT2D eigenvalue weighted by Crippen LogP contribution is 2.30. The number of carboxylic acids is 1. The second kappa shape index (κ2) is 7.25. The molecule has 1 aliphatic rings. The number of hydrogen-bond acceptors (Lipinski definition) is 5. The zero-order chi connectivity index (χ0) is 17.9. The van der Waals surface area contributed by atoms with Gasteiger partial charge in [0.15, 0.2) is 11.5 Å². The summed E-state index contributed by atoms with van der Waals surface area (Å²) >= 11 is 0. The Morgan fingerprint density at radius 1 is 1.17 bits per heavy atom. The van der Waals surface area contributed by atoms with Crippen LogP contribution in [0.3, 0.4) is 0 Å². The fourth-order valence-electron chi connectivity index (χ4n) is 2.46. The highest BCUT2D eigenvalue weighted by Gasteiger charge is 2.34. The van der Waals surface area contributed by atoms with Crippen molar-refractivity contribution in [1.82, 2.24) is 0 Å². The van der Waals surface area contributed by atoms with Gasteiger partial charge in [0.2, 0.25) is 5.78 Å². The van der Waals surface area contributed by atoms with E-state index in [1.54, 1.807) is 31.2 Å². The second-order valence-corrected chi connectivity index (χ2v) is 5.83. The maximum atomic E-state index is 12.7. The smallest absolute Gasteiger partial charge is 0.228 e. The Labute approximate surface area is 140 Å². The van der Waals surface area contributed by atoms with Gasteiger partial charge in [-0.05, 0) is 26.7 Å². The van der Waals surface area contributed by atoms with Crippen LogP contribution in [0.15, 0.2) is 47.2 Å². The number of carboxylic acid groups (broad SMARTS) is 1. The third kappa shape index (κ3) is 3.45. The fraction of sp³-hybridized carbons (Fsp3) is 0.316. The number of rotatable bonds is 6. The SMILES string of the molecule is CCC(OC1=C(CC=C(C)C)C(=O)c2ccccc2C1=O)C(=O)[O-]. The molecule has 126 valence electrons. The summed E-state index contributed by atoms with van der Waals surface area (Å²) in [6.07, 6.45) is 0.867. The van der Waals surface area contributed by atoms with E-state index in [2.05, 4.69) is 0 Å². The average molecular weight is 327 g/mol. The van der Waals surface area contributed by atoms with Crippen LogP contribution in [0.1, 0.15) is 54.3 Å². The van der Waals surface area contributed by atoms with E-state index in [4.69, 9.17) is 4.74 Å². The molecule has 0 bridgehead atoms. The van der Waals surface area contributed by atoms with Gasteiger partial charge in [-0.25, -0.2) is 0 Å². The van der Waals surface area contributed by atoms with Crippen molar-refractivity contribution in [3.8, 4) is 0 Å². The molecule has 0 aliphatic heterocycles. The van der Waals surface area contributed by atoms with Crippen molar-refractivity contribution >= 4 is 17.5 Å². The van der Waals surface area contributed by atoms with Crippen molar-refractivity contribution in [2.75, 3.05) is 0 Å². The van der Waals surface area contributed by atoms with E-state index in [-0.39, 0.29) is 35.5 Å². The predicted molar refractivity (Wildman–Crippen MR) is 86.3 cm³/mol. The van der Waals surface area contributed by atoms with Gasteiger partial charge in [0.25, 0.3) is 0 Å². The van der Waals surface area contributed by atoms with Crippen molar-refractivity contribution in [1.29, 1.82) is 0 Å². The van der Waals surface area contributed by atoms with Crippen LogP contribution in [0.4, 0.5) is 0 Å². The van der Waals surface area contributed by atoms with Crippen molar-refractivity contribution in [3.05, 3.63) is 58.4 Å². The van der Waals surface area contributed by atoms with Crippen LogP contribution in [0, 0.1) is 0 Å². The first-order valence-corrected chi connectivity index (χ1v) is 7.79. The fourth-order valence-corrected chi connectivity index (χ4v) is 2.46. The lowest BCUT2D eigenvalue weighted by atomic mass is 9.86. The van der Waals surface area contributed by atoms with Crippen LogP contribution < -0.4 is 5.11 Å². The molecule has 1 aliphatic carbocycles. The summed E-state index contributed by atoms with van der Waals surface area (Å²) in [5, 5.41) is 11.1. The van der Waals surface area contributed by atoms with E-state index in [0.29, 0.717) is 5.56 Å². The molecule has 1 aromatic rings. The van der Waals surface area contributed by atoms with Crippen LogP contribution in [0.2, 0.25) is 0 Å². The number of benzene rings is 1. The van der Waals surface area contributed by atoms with E-state index < -0.39 is 17.9 Å². The molecule has 0 radical (unpaired) electrons. The number of hydrogen-bond donors (Lipinski definition) is 0. The lowest BCUT2D eigenvalue weighted by Crippen LogP contribution is -2.38. The van der Waals surface area contributed by atoms with Gasteiger partial charge in [0.05, 0.1) is 11.5 Å². The van der Waals surface area contributed by atoms with Gasteiger partial charge in [0.1, 0.15) is 6.10 Å². The van der Waals surface area contributed by atoms with Crippen LogP contribution in [-0.4, -0.2) is 23.6 Å². The van der Waals surface area contributed by atoms with Gasteiger partial charge in [-0.3, -0.25) is 9.59 Å². The first-order valence-electron chi connectivity index (χ1n) is 7.79. The van der Waals surface area contributed by atoms with E-state index in [0.717, 1.165) is 5.57 Å². The van der Waals surface area contributed by atoms with Gasteiger partial charge >= 0.3 is 0 Å². The number of ether oxygens (including phenoxy) is 1. The molecule has 0 amide bonds. The first-order chi connectivity index (χ1) is 11.4. The van der Waals surface area contributed by atoms with Crippen LogP contribution >= 0.6 is 0 Å². The molecule has 0 heterocycles. The van der Waals surface area contributed by atoms with Gasteiger partial charge in [0, 0.05) is 11.1 Å². The maximum Gasteiger partial charge on any atom is 0.228 e. The zero-order valence-corrected chi connectivity index (χ0v) is 13.9. The quantitative estimate of drug-likeness (QED) is 0.748. The average Bonchev–Trinajstić information content (AvgIpc) is 2.55. The summed E-state index contributed by atoms with van der Waals surface area (Å²) in [5.74, 6) is -2.38. The Morgan fingerprint density at radius 2 is 1.75 bits per heavy atom. The third-order valence-electron chi connectivity index (χ3n) is 3.78. The zero-order valence-electron chi connectivity index (χ0n) is 13.9. The largest absolute Gasteiger partial charge is 0.546 e. The van der Waals surface area contributed by atoms with E-state index in [1.807, 2.05) is 13.8 Å². The van der Waals surface area contributed by atoms with Crippen LogP contribution in [0.5, 0.6) is 0 Å². The molecule has 5 heteroatoms. The number of carbonyl (C=O) groups excluding carboxylic acids is 3. The molecule has 0 saturated heterocycles. The summed E-state index contributed by atoms with van der Waals surface area (Å²) in [6.45, 7) is 5.36. The van der Waals surface area contributed by atoms with Crippen molar-refractivity contribution < 1.29 is 24.2 Å². The van der Waals surface area contributed by atoms with Crippen molar-refractivity contribution in [2.45, 2.75) is 39.7 Å². The number of fused-ring (bicyclic) bond motifs is 1. The number of aliphatic carboxylic acids is 1. The molecule has 1 aromatic carbocycles. The molecule has 2 rings (SSSR count). The van der Waals surface area contributed by atoms with E-state index in [1.165, 1.54) is 6.07 Å². The monoisotopic (exact) mass is 327 g/mol. The summed E-state index contributed by atoms with van der Waals surface area (Å²) in [5.41, 5.74) is 1.70. The molecule has 5 nitrogen and oxygen atoms in total. The standard InChI is InChI=1S/C19H20O5/c1-4-15(19(22)23)24-18-14(10-9-11(2)3)16(20)12-7-5-6-8-13(12)17(18)21/h5-9,15H,4,10H2,1-3H3,(H,22,23)/p-1. The molecule has 1 atom stereocenters. The highest BCUT2D eigenvalue weighted by atomic mass is 16.5. The first kappa shape index (κ1) is 17.7. The normalized spacial score (nSPS) is 15.0. The third-order valence-corrected chi connectivity index (χ3v) is 3.78. The Balaban J connectivity index is 2.54. The minimum Gasteiger partial charge on any atom is -0.546 e. The summed E-state index contributed by atoms with van der Waals surface area (Å²) in [6, 6.07) is 6.46. The van der Waals surface area contributed by atoms with Crippen LogP contribution in [-0.2, 0) is 9.53 Å². The minimum atomic E-state index is -1.41. The molecule has 0 spiro atoms. The second-order valence-electron chi connectivity index (χ2n) is 5.83. The van der Waals surface area contributed by atoms with E-state index >= 15 is 0 Å². The van der Waals surface area contributed by atoms with Gasteiger partial charge in [-0.15, -0.1) is 0 Å². The lowest BCUT2D eigenvalue weighted by Gasteiger charge is -2.25. The summed E-state index contributed by atoms with van der Waals surface area (Å²) in [4.78, 5) is 36.6. The Bertz CT molecular complexity index is 751. The van der Waals surface area contributed by atoms with Crippen molar-refractivity contribution in [2.24, 2.45) is 0 Å². The molecule has 24 heavy (non-hydrogen) atoms. The topological polar surface area (TPSA) is 83.5 Å². The number of carbonyl (C=O) groups is 3. The Morgan fingerprint density at radius 3 is 2.25 bits per heavy atom. The lowest BCUT2D eigenvalue weighted by molar-refractivity contribution is -0.315. The molecular weight excluding hydrogens is 308 g/mol. The van der Waals surface area contributed by atoms with Crippen LogP contribution in [0.25, 0.3) is 0 Å². The molecule has 0 fully saturated rings. The molecule has 1 unspecified atom stereocenters. The summed E-state index contributed by atoms with van der Waals surface area (Å²) in [7, 11) is 0. The molecule has 0 saturated carbocycles.